The summed E-state index contributed by atoms with van der Waals surface area (Å²) >= 11 is 0. The number of nitrogens with one attached hydrogen (secondary N) is 1. The summed E-state index contributed by atoms with van der Waals surface area (Å²) in [6.07, 6.45) is 4.69. The zero-order chi connectivity index (χ0) is 19.2. The van der Waals surface area contributed by atoms with E-state index in [9.17, 15) is 9.59 Å². The molecule has 1 fully saturated rings. The second kappa shape index (κ2) is 8.66. The summed E-state index contributed by atoms with van der Waals surface area (Å²) in [5.74, 6) is 0.637. The Hall–Kier alpha value is -2.89. The second-order valence-corrected chi connectivity index (χ2v) is 6.85. The highest BCUT2D eigenvalue weighted by Crippen LogP contribution is 2.21. The van der Waals surface area contributed by atoms with Crippen LogP contribution in [0.5, 0.6) is 5.75 Å². The first-order valence-electron chi connectivity index (χ1n) is 9.22. The standard InChI is InChI=1S/C21H25N3O3/c1-15-4-3-5-19(16(15)2)27-14-20(25)24-12-8-18(9-13-24)23-21(26)17-6-10-22-11-7-17/h3-7,10-11,18H,8-9,12-14H2,1-2H3,(H,23,26). The van der Waals surface area contributed by atoms with E-state index in [1.165, 1.54) is 0 Å². The molecule has 0 atom stereocenters. The molecule has 142 valence electrons. The van der Waals surface area contributed by atoms with E-state index in [0.717, 1.165) is 29.7 Å². The van der Waals surface area contributed by atoms with Gasteiger partial charge in [0.1, 0.15) is 5.75 Å². The molecule has 1 aromatic carbocycles. The summed E-state index contributed by atoms with van der Waals surface area (Å²) in [7, 11) is 0. The number of aromatic nitrogens is 1. The lowest BCUT2D eigenvalue weighted by Crippen LogP contribution is -2.47. The van der Waals surface area contributed by atoms with Gasteiger partial charge in [-0.05, 0) is 56.0 Å². The molecule has 1 N–H and O–H groups in total. The summed E-state index contributed by atoms with van der Waals surface area (Å²) in [5.41, 5.74) is 2.80. The van der Waals surface area contributed by atoms with Gasteiger partial charge in [0.15, 0.2) is 6.61 Å². The maximum absolute atomic E-state index is 12.4. The lowest BCUT2D eigenvalue weighted by Gasteiger charge is -2.32. The fraction of sp³-hybridized carbons (Fsp3) is 0.381. The lowest BCUT2D eigenvalue weighted by atomic mass is 10.0. The van der Waals surface area contributed by atoms with Gasteiger partial charge in [-0.2, -0.15) is 0 Å². The molecule has 1 aliphatic heterocycles. The lowest BCUT2D eigenvalue weighted by molar-refractivity contribution is -0.134. The molecule has 0 unspecified atom stereocenters. The minimum atomic E-state index is -0.0968. The molecule has 1 aromatic heterocycles. The SMILES string of the molecule is Cc1cccc(OCC(=O)N2CCC(NC(=O)c3ccncc3)CC2)c1C. The van der Waals surface area contributed by atoms with Crippen LogP contribution in [0.2, 0.25) is 0 Å². The third kappa shape index (κ3) is 4.84. The van der Waals surface area contributed by atoms with Crippen LogP contribution in [0.15, 0.2) is 42.7 Å². The van der Waals surface area contributed by atoms with Gasteiger partial charge in [-0.25, -0.2) is 0 Å². The number of amides is 2. The number of rotatable bonds is 5. The predicted octanol–water partition coefficient (Wildman–Crippen LogP) is 2.50. The van der Waals surface area contributed by atoms with E-state index in [-0.39, 0.29) is 24.5 Å². The summed E-state index contributed by atoms with van der Waals surface area (Å²) < 4.78 is 5.71. The van der Waals surface area contributed by atoms with Crippen molar-refractivity contribution in [1.29, 1.82) is 0 Å². The van der Waals surface area contributed by atoms with Crippen molar-refractivity contribution in [3.8, 4) is 5.75 Å². The van der Waals surface area contributed by atoms with Crippen molar-refractivity contribution < 1.29 is 14.3 Å². The van der Waals surface area contributed by atoms with Gasteiger partial charge in [0, 0.05) is 37.1 Å². The number of likely N-dealkylation sites (tertiary alicyclic amines) is 1. The van der Waals surface area contributed by atoms with E-state index in [1.807, 2.05) is 32.0 Å². The number of hydrogen-bond donors (Lipinski definition) is 1. The van der Waals surface area contributed by atoms with E-state index in [2.05, 4.69) is 10.3 Å². The van der Waals surface area contributed by atoms with Crippen LogP contribution >= 0.6 is 0 Å². The number of aryl methyl sites for hydroxylation is 1. The number of carbonyl (C=O) groups is 2. The maximum atomic E-state index is 12.4. The van der Waals surface area contributed by atoms with E-state index < -0.39 is 0 Å². The third-order valence-corrected chi connectivity index (χ3v) is 5.03. The highest BCUT2D eigenvalue weighted by atomic mass is 16.5. The third-order valence-electron chi connectivity index (χ3n) is 5.03. The minimum Gasteiger partial charge on any atom is -0.483 e. The van der Waals surface area contributed by atoms with E-state index >= 15 is 0 Å². The molecule has 0 spiro atoms. The number of piperidine rings is 1. The fourth-order valence-corrected chi connectivity index (χ4v) is 3.16. The van der Waals surface area contributed by atoms with Crippen LogP contribution in [0.3, 0.4) is 0 Å². The maximum Gasteiger partial charge on any atom is 0.260 e. The normalized spacial score (nSPS) is 14.7. The largest absolute Gasteiger partial charge is 0.483 e. The molecule has 0 saturated carbocycles. The van der Waals surface area contributed by atoms with Crippen LogP contribution in [-0.2, 0) is 4.79 Å². The Bertz CT molecular complexity index is 800. The summed E-state index contributed by atoms with van der Waals surface area (Å²) in [6.45, 7) is 5.30. The molecule has 6 nitrogen and oxygen atoms in total. The fourth-order valence-electron chi connectivity index (χ4n) is 3.16. The molecule has 3 rings (SSSR count). The molecule has 1 saturated heterocycles. The van der Waals surface area contributed by atoms with E-state index in [4.69, 9.17) is 4.74 Å². The second-order valence-electron chi connectivity index (χ2n) is 6.85. The summed E-state index contributed by atoms with van der Waals surface area (Å²) in [4.78, 5) is 30.4. The van der Waals surface area contributed by atoms with Crippen LogP contribution < -0.4 is 10.1 Å². The van der Waals surface area contributed by atoms with Crippen molar-refractivity contribution in [3.05, 3.63) is 59.4 Å². The average Bonchev–Trinajstić information content (AvgIpc) is 2.70. The molecule has 2 aromatic rings. The average molecular weight is 367 g/mol. The Morgan fingerprint density at radius 1 is 1.15 bits per heavy atom. The Kier molecular flexibility index (Phi) is 6.06. The van der Waals surface area contributed by atoms with Crippen LogP contribution in [0.4, 0.5) is 0 Å². The van der Waals surface area contributed by atoms with Gasteiger partial charge in [-0.1, -0.05) is 12.1 Å². The molecule has 0 bridgehead atoms. The zero-order valence-electron chi connectivity index (χ0n) is 15.8. The molecule has 6 heteroatoms. The van der Waals surface area contributed by atoms with Crippen molar-refractivity contribution in [2.75, 3.05) is 19.7 Å². The molecule has 1 aliphatic rings. The Balaban J connectivity index is 1.45. The monoisotopic (exact) mass is 367 g/mol. The Morgan fingerprint density at radius 3 is 2.56 bits per heavy atom. The molecule has 2 amide bonds. The van der Waals surface area contributed by atoms with Crippen molar-refractivity contribution in [3.63, 3.8) is 0 Å². The molecule has 0 radical (unpaired) electrons. The number of ether oxygens (including phenoxy) is 1. The smallest absolute Gasteiger partial charge is 0.260 e. The van der Waals surface area contributed by atoms with Crippen LogP contribution in [0, 0.1) is 13.8 Å². The van der Waals surface area contributed by atoms with Gasteiger partial charge in [0.25, 0.3) is 11.8 Å². The molecule has 27 heavy (non-hydrogen) atoms. The molecular weight excluding hydrogens is 342 g/mol. The van der Waals surface area contributed by atoms with Gasteiger partial charge < -0.3 is 15.0 Å². The number of pyridine rings is 1. The number of nitrogens with zero attached hydrogens (tertiary/aromatic N) is 2. The van der Waals surface area contributed by atoms with Crippen molar-refractivity contribution in [2.45, 2.75) is 32.7 Å². The van der Waals surface area contributed by atoms with Gasteiger partial charge in [-0.3, -0.25) is 14.6 Å². The minimum absolute atomic E-state index is 0.0187. The van der Waals surface area contributed by atoms with Gasteiger partial charge in [0.05, 0.1) is 0 Å². The zero-order valence-corrected chi connectivity index (χ0v) is 15.8. The van der Waals surface area contributed by atoms with Gasteiger partial charge in [0.2, 0.25) is 0 Å². The first kappa shape index (κ1) is 18.9. The van der Waals surface area contributed by atoms with Crippen LogP contribution in [0.1, 0.15) is 34.3 Å². The Labute approximate surface area is 159 Å². The summed E-state index contributed by atoms with van der Waals surface area (Å²) in [5, 5.41) is 3.03. The quantitative estimate of drug-likeness (QED) is 0.881. The van der Waals surface area contributed by atoms with Crippen molar-refractivity contribution in [1.82, 2.24) is 15.2 Å². The van der Waals surface area contributed by atoms with E-state index in [1.54, 1.807) is 29.4 Å². The highest BCUT2D eigenvalue weighted by Gasteiger charge is 2.24. The number of carbonyl (C=O) groups excluding carboxylic acids is 2. The van der Waals surface area contributed by atoms with Crippen LogP contribution in [-0.4, -0.2) is 47.4 Å². The Morgan fingerprint density at radius 2 is 1.85 bits per heavy atom. The predicted molar refractivity (Wildman–Crippen MR) is 103 cm³/mol. The number of hydrogen-bond acceptors (Lipinski definition) is 4. The van der Waals surface area contributed by atoms with Gasteiger partial charge in [-0.15, -0.1) is 0 Å². The highest BCUT2D eigenvalue weighted by molar-refractivity contribution is 5.94. The molecule has 2 heterocycles. The van der Waals surface area contributed by atoms with Crippen molar-refractivity contribution >= 4 is 11.8 Å². The first-order chi connectivity index (χ1) is 13.0. The molecule has 0 aliphatic carbocycles. The summed E-state index contributed by atoms with van der Waals surface area (Å²) in [6, 6.07) is 9.30. The molecular formula is C21H25N3O3. The van der Waals surface area contributed by atoms with Gasteiger partial charge >= 0.3 is 0 Å². The van der Waals surface area contributed by atoms with Crippen LogP contribution in [0.25, 0.3) is 0 Å². The number of benzene rings is 1. The topological polar surface area (TPSA) is 71.5 Å². The van der Waals surface area contributed by atoms with Crippen molar-refractivity contribution in [2.24, 2.45) is 0 Å². The van der Waals surface area contributed by atoms with E-state index in [0.29, 0.717) is 18.7 Å². The first-order valence-corrected chi connectivity index (χ1v) is 9.22.